The maximum Gasteiger partial charge on any atom is 0.143 e. The van der Waals surface area contributed by atoms with Crippen LogP contribution < -0.4 is 0 Å². The third kappa shape index (κ3) is 3.75. The Morgan fingerprint density at radius 3 is 1.91 bits per heavy atom. The summed E-state index contributed by atoms with van der Waals surface area (Å²) in [5.74, 6) is 0. The van der Waals surface area contributed by atoms with Crippen molar-refractivity contribution in [1.82, 2.24) is 4.57 Å². The molecule has 218 valence electrons. The number of nitriles is 1. The zero-order chi connectivity index (χ0) is 31.1. The first-order valence-corrected chi connectivity index (χ1v) is 15.7. The fourth-order valence-corrected chi connectivity index (χ4v) is 7.32. The Kier molecular flexibility index (Phi) is 5.32. The molecule has 7 aromatic carbocycles. The van der Waals surface area contributed by atoms with Crippen LogP contribution in [0.15, 0.2) is 154 Å². The zero-order valence-electron chi connectivity index (χ0n) is 25.1. The molecule has 0 spiro atoms. The van der Waals surface area contributed by atoms with Crippen LogP contribution in [0.1, 0.15) is 5.56 Å². The lowest BCUT2D eigenvalue weighted by Gasteiger charge is -2.15. The van der Waals surface area contributed by atoms with Gasteiger partial charge in [0.05, 0.1) is 22.7 Å². The summed E-state index contributed by atoms with van der Waals surface area (Å²) in [7, 11) is 0. The first-order valence-electron chi connectivity index (χ1n) is 15.7. The van der Waals surface area contributed by atoms with Gasteiger partial charge >= 0.3 is 0 Å². The van der Waals surface area contributed by atoms with Crippen LogP contribution in [0.3, 0.4) is 0 Å². The summed E-state index contributed by atoms with van der Waals surface area (Å²) in [6.45, 7) is 0. The normalized spacial score (nSPS) is 11.8. The van der Waals surface area contributed by atoms with Crippen LogP contribution in [0.4, 0.5) is 0 Å². The minimum absolute atomic E-state index is 0.631. The summed E-state index contributed by atoms with van der Waals surface area (Å²) in [5, 5.41) is 16.7. The van der Waals surface area contributed by atoms with Crippen LogP contribution >= 0.6 is 0 Å². The van der Waals surface area contributed by atoms with Gasteiger partial charge in [0, 0.05) is 43.6 Å². The van der Waals surface area contributed by atoms with Crippen LogP contribution in [0.5, 0.6) is 0 Å². The first kappa shape index (κ1) is 25.7. The maximum absolute atomic E-state index is 10.1. The van der Waals surface area contributed by atoms with Crippen molar-refractivity contribution < 1.29 is 8.83 Å². The molecular formula is C43H24N2O2. The monoisotopic (exact) mass is 600 g/mol. The van der Waals surface area contributed by atoms with Crippen LogP contribution in [-0.2, 0) is 0 Å². The third-order valence-electron chi connectivity index (χ3n) is 9.42. The van der Waals surface area contributed by atoms with Gasteiger partial charge in [-0.1, -0.05) is 91.0 Å². The predicted octanol–water partition coefficient (Wildman–Crippen LogP) is 11.8. The second-order valence-corrected chi connectivity index (χ2v) is 12.0. The molecule has 10 rings (SSSR count). The summed E-state index contributed by atoms with van der Waals surface area (Å²) in [6.07, 6.45) is 0. The molecule has 0 radical (unpaired) electrons. The SMILES string of the molecule is N#Cc1ccccc1-c1cc(-c2cccc3c2oc2ccccc23)cc(-n2c3ccccc3c3cc4oc5ccccc5c4cc32)c1. The minimum atomic E-state index is 0.631. The van der Waals surface area contributed by atoms with E-state index in [1.54, 1.807) is 0 Å². The minimum Gasteiger partial charge on any atom is -0.456 e. The van der Waals surface area contributed by atoms with Gasteiger partial charge in [0.2, 0.25) is 0 Å². The van der Waals surface area contributed by atoms with Crippen molar-refractivity contribution in [2.75, 3.05) is 0 Å². The molecular weight excluding hydrogens is 576 g/mol. The predicted molar refractivity (Wildman–Crippen MR) is 191 cm³/mol. The average Bonchev–Trinajstić information content (AvgIpc) is 3.79. The molecule has 4 nitrogen and oxygen atoms in total. The van der Waals surface area contributed by atoms with Crippen molar-refractivity contribution in [3.05, 3.63) is 151 Å². The van der Waals surface area contributed by atoms with Gasteiger partial charge in [-0.3, -0.25) is 0 Å². The molecule has 0 amide bonds. The molecule has 0 aliphatic carbocycles. The molecule has 4 heteroatoms. The number of fused-ring (bicyclic) bond motifs is 9. The van der Waals surface area contributed by atoms with Crippen LogP contribution in [0.25, 0.3) is 93.6 Å². The number of furan rings is 2. The highest BCUT2D eigenvalue weighted by Crippen LogP contribution is 2.42. The standard InChI is InChI=1S/C43H24N2O2/c44-25-26-10-1-2-11-30(26)27-20-28(31-15-9-16-35-33-13-4-8-19-41(33)47-43(31)35)22-29(21-27)45-38-17-6-3-12-32(38)36-24-42-37(23-39(36)45)34-14-5-7-18-40(34)46-42/h1-24H. The maximum atomic E-state index is 10.1. The van der Waals surface area contributed by atoms with E-state index in [1.807, 2.05) is 54.6 Å². The molecule has 0 fully saturated rings. The smallest absolute Gasteiger partial charge is 0.143 e. The fraction of sp³-hybridized carbons (Fsp3) is 0. The highest BCUT2D eigenvalue weighted by molar-refractivity contribution is 6.17. The van der Waals surface area contributed by atoms with E-state index in [-0.39, 0.29) is 0 Å². The Balaban J connectivity index is 1.33. The van der Waals surface area contributed by atoms with E-state index >= 15 is 0 Å². The van der Waals surface area contributed by atoms with E-state index in [1.165, 1.54) is 0 Å². The second-order valence-electron chi connectivity index (χ2n) is 12.0. The topological polar surface area (TPSA) is 55.0 Å². The number of nitrogens with zero attached hydrogens (tertiary/aromatic N) is 2. The molecule has 3 aromatic heterocycles. The van der Waals surface area contributed by atoms with E-state index in [0.29, 0.717) is 5.56 Å². The molecule has 0 aliphatic heterocycles. The Morgan fingerprint density at radius 1 is 0.447 bits per heavy atom. The lowest BCUT2D eigenvalue weighted by Crippen LogP contribution is -1.96. The van der Waals surface area contributed by atoms with Crippen molar-refractivity contribution in [3.8, 4) is 34.0 Å². The Labute approximate surface area is 268 Å². The van der Waals surface area contributed by atoms with Gasteiger partial charge in [0.25, 0.3) is 0 Å². The molecule has 0 N–H and O–H groups in total. The molecule has 0 atom stereocenters. The molecule has 0 bridgehead atoms. The van der Waals surface area contributed by atoms with Crippen molar-refractivity contribution >= 4 is 65.7 Å². The molecule has 0 saturated heterocycles. The van der Waals surface area contributed by atoms with Crippen LogP contribution in [-0.4, -0.2) is 4.57 Å². The highest BCUT2D eigenvalue weighted by atomic mass is 16.3. The number of benzene rings is 7. The lowest BCUT2D eigenvalue weighted by molar-refractivity contribution is 0.669. The van der Waals surface area contributed by atoms with Gasteiger partial charge in [-0.15, -0.1) is 0 Å². The van der Waals surface area contributed by atoms with Crippen molar-refractivity contribution in [3.63, 3.8) is 0 Å². The van der Waals surface area contributed by atoms with Crippen molar-refractivity contribution in [2.45, 2.75) is 0 Å². The quantitative estimate of drug-likeness (QED) is 0.203. The summed E-state index contributed by atoms with van der Waals surface area (Å²) in [5.41, 5.74) is 11.1. The van der Waals surface area contributed by atoms with E-state index in [2.05, 4.69) is 102 Å². The van der Waals surface area contributed by atoms with Crippen LogP contribution in [0, 0.1) is 11.3 Å². The fourth-order valence-electron chi connectivity index (χ4n) is 7.32. The number of hydrogen-bond acceptors (Lipinski definition) is 3. The van der Waals surface area contributed by atoms with Crippen molar-refractivity contribution in [2.24, 2.45) is 0 Å². The van der Waals surface area contributed by atoms with Gasteiger partial charge in [0.1, 0.15) is 22.3 Å². The summed E-state index contributed by atoms with van der Waals surface area (Å²) < 4.78 is 15.2. The Bertz CT molecular complexity index is 2930. The third-order valence-corrected chi connectivity index (χ3v) is 9.42. The van der Waals surface area contributed by atoms with E-state index in [4.69, 9.17) is 8.83 Å². The summed E-state index contributed by atoms with van der Waals surface area (Å²) in [4.78, 5) is 0. The zero-order valence-corrected chi connectivity index (χ0v) is 25.1. The van der Waals surface area contributed by atoms with Gasteiger partial charge in [-0.2, -0.15) is 5.26 Å². The number of rotatable bonds is 3. The molecule has 0 aliphatic rings. The lowest BCUT2D eigenvalue weighted by atomic mass is 9.94. The van der Waals surface area contributed by atoms with Gasteiger partial charge in [-0.05, 0) is 71.3 Å². The Morgan fingerprint density at radius 2 is 1.09 bits per heavy atom. The molecule has 10 aromatic rings. The molecule has 0 saturated carbocycles. The summed E-state index contributed by atoms with van der Waals surface area (Å²) in [6, 6.07) is 52.5. The van der Waals surface area contributed by atoms with Gasteiger partial charge in [-0.25, -0.2) is 0 Å². The van der Waals surface area contributed by atoms with E-state index < -0.39 is 0 Å². The van der Waals surface area contributed by atoms with E-state index in [0.717, 1.165) is 93.6 Å². The average molecular weight is 601 g/mol. The number of aromatic nitrogens is 1. The van der Waals surface area contributed by atoms with Gasteiger partial charge in [0.15, 0.2) is 0 Å². The van der Waals surface area contributed by atoms with Crippen molar-refractivity contribution in [1.29, 1.82) is 5.26 Å². The molecule has 47 heavy (non-hydrogen) atoms. The summed E-state index contributed by atoms with van der Waals surface area (Å²) >= 11 is 0. The molecule has 0 unspecified atom stereocenters. The van der Waals surface area contributed by atoms with Gasteiger partial charge < -0.3 is 13.4 Å². The highest BCUT2D eigenvalue weighted by Gasteiger charge is 2.19. The number of para-hydroxylation sites is 4. The number of hydrogen-bond donors (Lipinski definition) is 0. The van der Waals surface area contributed by atoms with E-state index in [9.17, 15) is 5.26 Å². The largest absolute Gasteiger partial charge is 0.456 e. The first-order chi connectivity index (χ1) is 23.2. The Hall–Kier alpha value is -6.57. The molecule has 3 heterocycles. The second kappa shape index (κ2) is 9.71. The van der Waals surface area contributed by atoms with Crippen LogP contribution in [0.2, 0.25) is 0 Å².